The lowest BCUT2D eigenvalue weighted by atomic mass is 10.0. The molecule has 0 bridgehead atoms. The summed E-state index contributed by atoms with van der Waals surface area (Å²) in [5.41, 5.74) is 1.06. The molecule has 13 heavy (non-hydrogen) atoms. The topological polar surface area (TPSA) is 25.8 Å². The molecule has 1 aliphatic rings. The summed E-state index contributed by atoms with van der Waals surface area (Å²) >= 11 is 7.85. The second-order valence-corrected chi connectivity index (χ2v) is 4.80. The maximum Gasteiger partial charge on any atom is 0.0685 e. The van der Waals surface area contributed by atoms with Crippen LogP contribution in [0.2, 0.25) is 5.02 Å². The second kappa shape index (κ2) is 4.29. The maximum absolute atomic E-state index is 5.85. The Labute approximate surface area is 87.1 Å². The van der Waals surface area contributed by atoms with E-state index in [0.29, 0.717) is 10.9 Å². The van der Waals surface area contributed by atoms with Crippen molar-refractivity contribution in [1.82, 2.24) is 10.2 Å². The molecule has 0 radical (unpaired) electrons. The summed E-state index contributed by atoms with van der Waals surface area (Å²) in [6.45, 7) is 0. The summed E-state index contributed by atoms with van der Waals surface area (Å²) < 4.78 is 0. The Kier molecular flexibility index (Phi) is 3.06. The lowest BCUT2D eigenvalue weighted by molar-refractivity contribution is 0.633. The quantitative estimate of drug-likeness (QED) is 0.719. The zero-order valence-electron chi connectivity index (χ0n) is 7.24. The van der Waals surface area contributed by atoms with Crippen molar-refractivity contribution in [3.05, 3.63) is 23.0 Å². The largest absolute Gasteiger partial charge is 0.161 e. The molecule has 1 saturated heterocycles. The van der Waals surface area contributed by atoms with E-state index in [-0.39, 0.29) is 0 Å². The molecule has 1 aliphatic heterocycles. The molecule has 0 amide bonds. The van der Waals surface area contributed by atoms with E-state index in [9.17, 15) is 0 Å². The molecule has 0 saturated carbocycles. The summed E-state index contributed by atoms with van der Waals surface area (Å²) in [5, 5.41) is 8.68. The minimum Gasteiger partial charge on any atom is -0.161 e. The summed E-state index contributed by atoms with van der Waals surface area (Å²) in [4.78, 5) is 0. The van der Waals surface area contributed by atoms with Crippen molar-refractivity contribution in [2.75, 3.05) is 11.5 Å². The highest BCUT2D eigenvalue weighted by Crippen LogP contribution is 2.30. The first-order valence-electron chi connectivity index (χ1n) is 4.42. The minimum absolute atomic E-state index is 0.560. The SMILES string of the molecule is Clc1cnnc(C2CCCSC2)c1. The van der Waals surface area contributed by atoms with E-state index in [1.807, 2.05) is 17.8 Å². The summed E-state index contributed by atoms with van der Waals surface area (Å²) in [6, 6.07) is 1.94. The number of halogens is 1. The first-order chi connectivity index (χ1) is 6.36. The van der Waals surface area contributed by atoms with Crippen molar-refractivity contribution >= 4 is 23.4 Å². The Hall–Kier alpha value is -0.280. The van der Waals surface area contributed by atoms with Crippen LogP contribution in [0.3, 0.4) is 0 Å². The van der Waals surface area contributed by atoms with Gasteiger partial charge in [0, 0.05) is 11.7 Å². The summed E-state index contributed by atoms with van der Waals surface area (Å²) in [7, 11) is 0. The molecule has 0 N–H and O–H groups in total. The van der Waals surface area contributed by atoms with Crippen LogP contribution >= 0.6 is 23.4 Å². The number of hydrogen-bond donors (Lipinski definition) is 0. The van der Waals surface area contributed by atoms with Gasteiger partial charge in [-0.3, -0.25) is 0 Å². The van der Waals surface area contributed by atoms with Crippen molar-refractivity contribution in [2.45, 2.75) is 18.8 Å². The molecular weight excluding hydrogens is 204 g/mol. The fourth-order valence-electron chi connectivity index (χ4n) is 1.53. The van der Waals surface area contributed by atoms with E-state index in [1.54, 1.807) is 6.20 Å². The lowest BCUT2D eigenvalue weighted by Crippen LogP contribution is -2.10. The highest BCUT2D eigenvalue weighted by Gasteiger charge is 2.17. The van der Waals surface area contributed by atoms with Crippen LogP contribution in [0.15, 0.2) is 12.3 Å². The Bertz CT molecular complexity index is 287. The number of rotatable bonds is 1. The lowest BCUT2D eigenvalue weighted by Gasteiger charge is -2.19. The van der Waals surface area contributed by atoms with Crippen LogP contribution in [0.5, 0.6) is 0 Å². The Morgan fingerprint density at radius 3 is 3.15 bits per heavy atom. The van der Waals surface area contributed by atoms with Gasteiger partial charge in [0.2, 0.25) is 0 Å². The van der Waals surface area contributed by atoms with E-state index in [1.165, 1.54) is 18.6 Å². The molecule has 1 aromatic rings. The van der Waals surface area contributed by atoms with E-state index < -0.39 is 0 Å². The molecule has 0 spiro atoms. The Balaban J connectivity index is 2.14. The summed E-state index contributed by atoms with van der Waals surface area (Å²) in [5.74, 6) is 3.00. The first kappa shape index (κ1) is 9.28. The van der Waals surface area contributed by atoms with Crippen molar-refractivity contribution in [3.8, 4) is 0 Å². The van der Waals surface area contributed by atoms with Gasteiger partial charge < -0.3 is 0 Å². The molecular formula is C9H11ClN2S. The minimum atomic E-state index is 0.560. The van der Waals surface area contributed by atoms with Crippen LogP contribution < -0.4 is 0 Å². The molecule has 2 nitrogen and oxygen atoms in total. The van der Waals surface area contributed by atoms with Crippen LogP contribution in [0.4, 0.5) is 0 Å². The van der Waals surface area contributed by atoms with Crippen molar-refractivity contribution in [3.63, 3.8) is 0 Å². The van der Waals surface area contributed by atoms with Crippen LogP contribution in [0.1, 0.15) is 24.5 Å². The van der Waals surface area contributed by atoms with Crippen LogP contribution in [-0.2, 0) is 0 Å². The third kappa shape index (κ3) is 2.35. The van der Waals surface area contributed by atoms with Gasteiger partial charge in [-0.2, -0.15) is 22.0 Å². The van der Waals surface area contributed by atoms with Crippen LogP contribution in [0.25, 0.3) is 0 Å². The number of hydrogen-bond acceptors (Lipinski definition) is 3. The van der Waals surface area contributed by atoms with Gasteiger partial charge in [-0.25, -0.2) is 0 Å². The summed E-state index contributed by atoms with van der Waals surface area (Å²) in [6.07, 6.45) is 4.09. The average molecular weight is 215 g/mol. The van der Waals surface area contributed by atoms with E-state index >= 15 is 0 Å². The van der Waals surface area contributed by atoms with Gasteiger partial charge in [0.15, 0.2) is 0 Å². The molecule has 4 heteroatoms. The van der Waals surface area contributed by atoms with E-state index in [0.717, 1.165) is 11.4 Å². The van der Waals surface area contributed by atoms with Gasteiger partial charge in [-0.1, -0.05) is 11.6 Å². The predicted octanol–water partition coefficient (Wildman–Crippen LogP) is 2.74. The first-order valence-corrected chi connectivity index (χ1v) is 5.95. The Morgan fingerprint density at radius 2 is 2.46 bits per heavy atom. The fourth-order valence-corrected chi connectivity index (χ4v) is 2.85. The Morgan fingerprint density at radius 1 is 1.54 bits per heavy atom. The van der Waals surface area contributed by atoms with Crippen LogP contribution in [0, 0.1) is 0 Å². The van der Waals surface area contributed by atoms with Gasteiger partial charge in [-0.05, 0) is 24.7 Å². The van der Waals surface area contributed by atoms with E-state index in [4.69, 9.17) is 11.6 Å². The molecule has 2 heterocycles. The molecule has 1 atom stereocenters. The zero-order chi connectivity index (χ0) is 9.10. The van der Waals surface area contributed by atoms with Gasteiger partial charge in [0.1, 0.15) is 0 Å². The predicted molar refractivity (Wildman–Crippen MR) is 56.3 cm³/mol. The van der Waals surface area contributed by atoms with Crippen molar-refractivity contribution < 1.29 is 0 Å². The van der Waals surface area contributed by atoms with Crippen molar-refractivity contribution in [1.29, 1.82) is 0 Å². The molecule has 1 aromatic heterocycles. The van der Waals surface area contributed by atoms with Crippen LogP contribution in [-0.4, -0.2) is 21.7 Å². The molecule has 0 aromatic carbocycles. The number of aromatic nitrogens is 2. The zero-order valence-corrected chi connectivity index (χ0v) is 8.81. The fraction of sp³-hybridized carbons (Fsp3) is 0.556. The second-order valence-electron chi connectivity index (χ2n) is 3.21. The highest BCUT2D eigenvalue weighted by molar-refractivity contribution is 7.99. The van der Waals surface area contributed by atoms with Gasteiger partial charge in [0.25, 0.3) is 0 Å². The third-order valence-electron chi connectivity index (χ3n) is 2.22. The number of thioether (sulfide) groups is 1. The monoisotopic (exact) mass is 214 g/mol. The van der Waals surface area contributed by atoms with Crippen molar-refractivity contribution in [2.24, 2.45) is 0 Å². The average Bonchev–Trinajstić information content (AvgIpc) is 2.19. The van der Waals surface area contributed by atoms with Gasteiger partial charge in [0.05, 0.1) is 16.9 Å². The maximum atomic E-state index is 5.85. The normalized spacial score (nSPS) is 23.0. The van der Waals surface area contributed by atoms with E-state index in [2.05, 4.69) is 10.2 Å². The highest BCUT2D eigenvalue weighted by atomic mass is 35.5. The molecule has 70 valence electrons. The van der Waals surface area contributed by atoms with Gasteiger partial charge >= 0.3 is 0 Å². The molecule has 1 fully saturated rings. The number of nitrogens with zero attached hydrogens (tertiary/aromatic N) is 2. The van der Waals surface area contributed by atoms with Gasteiger partial charge in [-0.15, -0.1) is 0 Å². The molecule has 2 rings (SSSR count). The standard InChI is InChI=1S/C9H11ClN2S/c10-8-4-9(12-11-5-8)7-2-1-3-13-6-7/h4-5,7H,1-3,6H2. The molecule has 1 unspecified atom stereocenters. The molecule has 0 aliphatic carbocycles. The smallest absolute Gasteiger partial charge is 0.0685 e. The third-order valence-corrected chi connectivity index (χ3v) is 3.64.